The Kier molecular flexibility index (Phi) is 6.46. The second kappa shape index (κ2) is 9.01. The van der Waals surface area contributed by atoms with Crippen LogP contribution >= 0.6 is 11.8 Å². The molecule has 3 rings (SSSR count). The number of rotatable bonds is 7. The first-order valence-electron chi connectivity index (χ1n) is 9.13. The van der Waals surface area contributed by atoms with Crippen molar-refractivity contribution in [2.75, 3.05) is 5.75 Å². The van der Waals surface area contributed by atoms with Crippen molar-refractivity contribution in [3.8, 4) is 11.4 Å². The Morgan fingerprint density at radius 1 is 1.14 bits per heavy atom. The minimum Gasteiger partial charge on any atom is -0.351 e. The number of nitrogens with one attached hydrogen (secondary N) is 1. The monoisotopic (exact) mass is 398 g/mol. The number of hydrogen-bond donors (Lipinski definition) is 1. The quantitative estimate of drug-likeness (QED) is 0.608. The van der Waals surface area contributed by atoms with Crippen molar-refractivity contribution < 1.29 is 9.18 Å². The van der Waals surface area contributed by atoms with Crippen molar-refractivity contribution in [1.82, 2.24) is 20.1 Å². The highest BCUT2D eigenvalue weighted by atomic mass is 32.2. The first kappa shape index (κ1) is 20.1. The highest BCUT2D eigenvalue weighted by Crippen LogP contribution is 2.26. The van der Waals surface area contributed by atoms with Gasteiger partial charge >= 0.3 is 0 Å². The number of benzene rings is 2. The number of aromatic nitrogens is 3. The van der Waals surface area contributed by atoms with Crippen LogP contribution in [0.25, 0.3) is 11.4 Å². The summed E-state index contributed by atoms with van der Waals surface area (Å²) in [6, 6.07) is 13.0. The number of thioether (sulfide) groups is 1. The Hall–Kier alpha value is -2.67. The van der Waals surface area contributed by atoms with Crippen LogP contribution in [0.3, 0.4) is 0 Å². The zero-order chi connectivity index (χ0) is 20.1. The Morgan fingerprint density at radius 2 is 1.93 bits per heavy atom. The van der Waals surface area contributed by atoms with Crippen molar-refractivity contribution in [1.29, 1.82) is 0 Å². The lowest BCUT2D eigenvalue weighted by Gasteiger charge is -2.09. The molecule has 0 saturated carbocycles. The van der Waals surface area contributed by atoms with E-state index in [0.717, 1.165) is 22.5 Å². The molecule has 0 aliphatic heterocycles. The molecule has 146 valence electrons. The van der Waals surface area contributed by atoms with Gasteiger partial charge in [0.2, 0.25) is 5.91 Å². The van der Waals surface area contributed by atoms with Gasteiger partial charge in [-0.25, -0.2) is 4.39 Å². The van der Waals surface area contributed by atoms with Crippen molar-refractivity contribution in [3.63, 3.8) is 0 Å². The fourth-order valence-electron chi connectivity index (χ4n) is 2.83. The van der Waals surface area contributed by atoms with E-state index in [-0.39, 0.29) is 17.5 Å². The van der Waals surface area contributed by atoms with Crippen molar-refractivity contribution in [3.05, 3.63) is 65.0 Å². The van der Waals surface area contributed by atoms with Gasteiger partial charge in [0.25, 0.3) is 0 Å². The third-order valence-electron chi connectivity index (χ3n) is 4.48. The van der Waals surface area contributed by atoms with Gasteiger partial charge in [0, 0.05) is 18.7 Å². The summed E-state index contributed by atoms with van der Waals surface area (Å²) in [6.07, 6.45) is 0. The van der Waals surface area contributed by atoms with E-state index in [2.05, 4.69) is 15.5 Å². The Balaban J connectivity index is 1.62. The van der Waals surface area contributed by atoms with Gasteiger partial charge in [-0.3, -0.25) is 4.79 Å². The molecule has 0 spiro atoms. The number of carbonyl (C=O) groups is 1. The van der Waals surface area contributed by atoms with Gasteiger partial charge in [0.05, 0.1) is 5.75 Å². The molecule has 1 heterocycles. The fraction of sp³-hybridized carbons (Fsp3) is 0.286. The van der Waals surface area contributed by atoms with E-state index < -0.39 is 0 Å². The fourth-order valence-corrected chi connectivity index (χ4v) is 3.66. The smallest absolute Gasteiger partial charge is 0.230 e. The summed E-state index contributed by atoms with van der Waals surface area (Å²) in [7, 11) is 0. The highest BCUT2D eigenvalue weighted by Gasteiger charge is 2.15. The zero-order valence-electron chi connectivity index (χ0n) is 16.2. The molecule has 0 radical (unpaired) electrons. The molecule has 5 nitrogen and oxygen atoms in total. The van der Waals surface area contributed by atoms with Crippen LogP contribution in [-0.2, 0) is 17.9 Å². The van der Waals surface area contributed by atoms with Crippen molar-refractivity contribution in [2.45, 2.75) is 39.0 Å². The lowest BCUT2D eigenvalue weighted by molar-refractivity contribution is -0.118. The number of carbonyl (C=O) groups excluding carboxylic acids is 1. The first-order chi connectivity index (χ1) is 13.5. The second-order valence-electron chi connectivity index (χ2n) is 6.51. The SMILES string of the molecule is CCn1c(SCC(=O)NCc2ccc(C)c(F)c2)nnc1-c1ccccc1C. The number of halogens is 1. The summed E-state index contributed by atoms with van der Waals surface area (Å²) < 4.78 is 15.6. The van der Waals surface area contributed by atoms with Gasteiger partial charge in [-0.2, -0.15) is 0 Å². The van der Waals surface area contributed by atoms with E-state index in [0.29, 0.717) is 23.8 Å². The van der Waals surface area contributed by atoms with Gasteiger partial charge in [-0.1, -0.05) is 48.2 Å². The molecule has 1 aromatic heterocycles. The standard InChI is InChI=1S/C21H23FN4OS/c1-4-26-20(17-8-6-5-7-14(17)2)24-25-21(26)28-13-19(27)23-12-16-10-9-15(3)18(22)11-16/h5-11H,4,12-13H2,1-3H3,(H,23,27). The highest BCUT2D eigenvalue weighted by molar-refractivity contribution is 7.99. The molecule has 0 aliphatic rings. The molecule has 0 bridgehead atoms. The van der Waals surface area contributed by atoms with Crippen LogP contribution in [-0.4, -0.2) is 26.4 Å². The summed E-state index contributed by atoms with van der Waals surface area (Å²) >= 11 is 1.35. The van der Waals surface area contributed by atoms with Crippen LogP contribution in [0.5, 0.6) is 0 Å². The summed E-state index contributed by atoms with van der Waals surface area (Å²) in [5.41, 5.74) is 3.49. The van der Waals surface area contributed by atoms with Gasteiger partial charge in [0.1, 0.15) is 5.82 Å². The van der Waals surface area contributed by atoms with E-state index in [1.165, 1.54) is 17.8 Å². The predicted molar refractivity (Wildman–Crippen MR) is 110 cm³/mol. The Labute approximate surface area is 168 Å². The molecule has 0 atom stereocenters. The van der Waals surface area contributed by atoms with Gasteiger partial charge in [-0.05, 0) is 43.5 Å². The van der Waals surface area contributed by atoms with Crippen LogP contribution in [0, 0.1) is 19.7 Å². The molecule has 1 amide bonds. The molecule has 0 unspecified atom stereocenters. The second-order valence-corrected chi connectivity index (χ2v) is 7.46. The summed E-state index contributed by atoms with van der Waals surface area (Å²) in [6.45, 7) is 6.79. The maximum Gasteiger partial charge on any atom is 0.230 e. The Morgan fingerprint density at radius 3 is 2.64 bits per heavy atom. The first-order valence-corrected chi connectivity index (χ1v) is 10.1. The van der Waals surface area contributed by atoms with E-state index in [4.69, 9.17) is 0 Å². The maximum absolute atomic E-state index is 13.6. The molecule has 0 fully saturated rings. The average Bonchev–Trinajstić information content (AvgIpc) is 3.10. The van der Waals surface area contributed by atoms with Crippen molar-refractivity contribution >= 4 is 17.7 Å². The topological polar surface area (TPSA) is 59.8 Å². The normalized spacial score (nSPS) is 10.9. The van der Waals surface area contributed by atoms with Gasteiger partial charge < -0.3 is 9.88 Å². The molecule has 3 aromatic rings. The lowest BCUT2D eigenvalue weighted by atomic mass is 10.1. The van der Waals surface area contributed by atoms with Crippen LogP contribution < -0.4 is 5.32 Å². The molecular weight excluding hydrogens is 375 g/mol. The maximum atomic E-state index is 13.6. The van der Waals surface area contributed by atoms with Crippen LogP contribution in [0.15, 0.2) is 47.6 Å². The molecule has 7 heteroatoms. The molecule has 2 aromatic carbocycles. The van der Waals surface area contributed by atoms with E-state index >= 15 is 0 Å². The molecule has 0 aliphatic carbocycles. The zero-order valence-corrected chi connectivity index (χ0v) is 17.0. The third kappa shape index (κ3) is 4.59. The largest absolute Gasteiger partial charge is 0.351 e. The van der Waals surface area contributed by atoms with E-state index in [1.807, 2.05) is 48.7 Å². The van der Waals surface area contributed by atoms with Crippen molar-refractivity contribution in [2.24, 2.45) is 0 Å². The molecular formula is C21H23FN4OS. The van der Waals surface area contributed by atoms with Crippen LogP contribution in [0.2, 0.25) is 0 Å². The average molecular weight is 399 g/mol. The van der Waals surface area contributed by atoms with E-state index in [9.17, 15) is 9.18 Å². The van der Waals surface area contributed by atoms with Gasteiger partial charge in [0.15, 0.2) is 11.0 Å². The lowest BCUT2D eigenvalue weighted by Crippen LogP contribution is -2.24. The minimum absolute atomic E-state index is 0.130. The summed E-state index contributed by atoms with van der Waals surface area (Å²) in [5.74, 6) is 0.633. The minimum atomic E-state index is -0.263. The number of aryl methyl sites for hydroxylation is 2. The number of amides is 1. The molecule has 0 saturated heterocycles. The Bertz CT molecular complexity index is 986. The van der Waals surface area contributed by atoms with Gasteiger partial charge in [-0.15, -0.1) is 10.2 Å². The van der Waals surface area contributed by atoms with E-state index in [1.54, 1.807) is 13.0 Å². The summed E-state index contributed by atoms with van der Waals surface area (Å²) in [4.78, 5) is 12.2. The predicted octanol–water partition coefficient (Wildman–Crippen LogP) is 4.13. The third-order valence-corrected chi connectivity index (χ3v) is 5.44. The summed E-state index contributed by atoms with van der Waals surface area (Å²) in [5, 5.41) is 12.1. The van der Waals surface area contributed by atoms with Crippen LogP contribution in [0.1, 0.15) is 23.6 Å². The number of hydrogen-bond acceptors (Lipinski definition) is 4. The van der Waals surface area contributed by atoms with Crippen LogP contribution in [0.4, 0.5) is 4.39 Å². The molecule has 1 N–H and O–H groups in total. The number of nitrogens with zero attached hydrogens (tertiary/aromatic N) is 3. The molecule has 28 heavy (non-hydrogen) atoms.